The molecule has 2 heterocycles. The molecule has 1 aromatic carbocycles. The van der Waals surface area contributed by atoms with E-state index in [1.54, 1.807) is 0 Å². The number of ether oxygens (including phenoxy) is 1. The zero-order chi connectivity index (χ0) is 13.9. The molecule has 6 nitrogen and oxygen atoms in total. The van der Waals surface area contributed by atoms with Crippen molar-refractivity contribution in [2.24, 2.45) is 16.8 Å². The second-order valence-electron chi connectivity index (χ2n) is 5.13. The van der Waals surface area contributed by atoms with Crippen LogP contribution in [0.1, 0.15) is 12.2 Å². The average Bonchev–Trinajstić information content (AvgIpc) is 3.08. The quantitative estimate of drug-likeness (QED) is 0.381. The fraction of sp³-hybridized carbons (Fsp3) is 0.429. The van der Waals surface area contributed by atoms with Crippen molar-refractivity contribution in [3.8, 4) is 0 Å². The van der Waals surface area contributed by atoms with Gasteiger partial charge in [-0.2, -0.15) is 0 Å². The van der Waals surface area contributed by atoms with E-state index in [9.17, 15) is 0 Å². The summed E-state index contributed by atoms with van der Waals surface area (Å²) in [5.74, 6) is 1.50. The van der Waals surface area contributed by atoms with Gasteiger partial charge >= 0.3 is 0 Å². The van der Waals surface area contributed by atoms with Gasteiger partial charge in [-0.05, 0) is 18.6 Å². The van der Waals surface area contributed by atoms with E-state index in [1.165, 1.54) is 0 Å². The van der Waals surface area contributed by atoms with Crippen LogP contribution in [-0.4, -0.2) is 33.8 Å². The van der Waals surface area contributed by atoms with Gasteiger partial charge in [0.05, 0.1) is 24.1 Å². The molecule has 0 bridgehead atoms. The number of oxime groups is 1. The predicted octanol–water partition coefficient (Wildman–Crippen LogP) is 1.36. The van der Waals surface area contributed by atoms with Gasteiger partial charge < -0.3 is 20.2 Å². The first-order valence-electron chi connectivity index (χ1n) is 6.76. The molecule has 0 saturated carbocycles. The minimum Gasteiger partial charge on any atom is -0.409 e. The Morgan fingerprint density at radius 1 is 1.50 bits per heavy atom. The summed E-state index contributed by atoms with van der Waals surface area (Å²) >= 11 is 0. The Morgan fingerprint density at radius 2 is 2.35 bits per heavy atom. The lowest BCUT2D eigenvalue weighted by Gasteiger charge is -2.13. The van der Waals surface area contributed by atoms with E-state index in [0.717, 1.165) is 43.0 Å². The van der Waals surface area contributed by atoms with E-state index in [4.69, 9.17) is 15.7 Å². The summed E-state index contributed by atoms with van der Waals surface area (Å²) in [6.07, 6.45) is 1.41. The highest BCUT2D eigenvalue weighted by Gasteiger charge is 2.20. The largest absolute Gasteiger partial charge is 0.409 e. The third-order valence-corrected chi connectivity index (χ3v) is 3.67. The molecule has 1 saturated heterocycles. The summed E-state index contributed by atoms with van der Waals surface area (Å²) < 4.78 is 7.60. The number of nitrogens with zero attached hydrogens (tertiary/aromatic N) is 3. The molecule has 1 fully saturated rings. The number of rotatable bonds is 4. The lowest BCUT2D eigenvalue weighted by atomic mass is 10.1. The van der Waals surface area contributed by atoms with Gasteiger partial charge in [0.25, 0.3) is 0 Å². The zero-order valence-corrected chi connectivity index (χ0v) is 11.2. The van der Waals surface area contributed by atoms with Crippen molar-refractivity contribution in [2.75, 3.05) is 13.2 Å². The summed E-state index contributed by atoms with van der Waals surface area (Å²) in [6, 6.07) is 7.99. The molecule has 0 amide bonds. The third kappa shape index (κ3) is 2.46. The van der Waals surface area contributed by atoms with E-state index in [2.05, 4.69) is 14.7 Å². The molecular weight excluding hydrogens is 256 g/mol. The van der Waals surface area contributed by atoms with Crippen LogP contribution in [0, 0.1) is 5.92 Å². The molecule has 0 aliphatic carbocycles. The number of para-hydroxylation sites is 2. The SMILES string of the molecule is NC(Cc1nc2ccccc2n1CC1CCOC1)=NO. The lowest BCUT2D eigenvalue weighted by molar-refractivity contribution is 0.182. The van der Waals surface area contributed by atoms with Crippen molar-refractivity contribution in [3.63, 3.8) is 0 Å². The van der Waals surface area contributed by atoms with Crippen LogP contribution in [0.2, 0.25) is 0 Å². The van der Waals surface area contributed by atoms with E-state index in [1.807, 2.05) is 24.3 Å². The molecule has 3 N–H and O–H groups in total. The topological polar surface area (TPSA) is 85.7 Å². The molecule has 3 rings (SSSR count). The predicted molar refractivity (Wildman–Crippen MR) is 75.8 cm³/mol. The fourth-order valence-corrected chi connectivity index (χ4v) is 2.65. The van der Waals surface area contributed by atoms with E-state index >= 15 is 0 Å². The van der Waals surface area contributed by atoms with Gasteiger partial charge in [-0.1, -0.05) is 17.3 Å². The lowest BCUT2D eigenvalue weighted by Crippen LogP contribution is -2.20. The molecule has 1 aliphatic rings. The summed E-state index contributed by atoms with van der Waals surface area (Å²) in [4.78, 5) is 4.59. The first-order valence-corrected chi connectivity index (χ1v) is 6.76. The second kappa shape index (κ2) is 5.50. The van der Waals surface area contributed by atoms with Crippen LogP contribution in [0.4, 0.5) is 0 Å². The Bertz CT molecular complexity index is 629. The summed E-state index contributed by atoms with van der Waals surface area (Å²) in [6.45, 7) is 2.47. The maximum atomic E-state index is 8.75. The van der Waals surface area contributed by atoms with Crippen molar-refractivity contribution >= 4 is 16.9 Å². The van der Waals surface area contributed by atoms with Gasteiger partial charge in [0.1, 0.15) is 11.7 Å². The molecular formula is C14H18N4O2. The number of aromatic nitrogens is 2. The Balaban J connectivity index is 1.98. The normalized spacial score (nSPS) is 19.8. The molecule has 0 spiro atoms. The number of amidine groups is 1. The highest BCUT2D eigenvalue weighted by Crippen LogP contribution is 2.21. The maximum Gasteiger partial charge on any atom is 0.146 e. The van der Waals surface area contributed by atoms with Gasteiger partial charge in [0.15, 0.2) is 0 Å². The zero-order valence-electron chi connectivity index (χ0n) is 11.2. The van der Waals surface area contributed by atoms with Crippen molar-refractivity contribution < 1.29 is 9.94 Å². The highest BCUT2D eigenvalue weighted by molar-refractivity contribution is 5.83. The maximum absolute atomic E-state index is 8.75. The number of nitrogens with two attached hydrogens (primary N) is 1. The Kier molecular flexibility index (Phi) is 3.56. The number of hydrogen-bond acceptors (Lipinski definition) is 4. The minimum atomic E-state index is 0.171. The molecule has 20 heavy (non-hydrogen) atoms. The first-order chi connectivity index (χ1) is 9.78. The van der Waals surface area contributed by atoms with Crippen LogP contribution in [0.3, 0.4) is 0 Å². The van der Waals surface area contributed by atoms with Crippen LogP contribution < -0.4 is 5.73 Å². The second-order valence-corrected chi connectivity index (χ2v) is 5.13. The monoisotopic (exact) mass is 274 g/mol. The van der Waals surface area contributed by atoms with Gasteiger partial charge in [-0.3, -0.25) is 0 Å². The fourth-order valence-electron chi connectivity index (χ4n) is 2.65. The molecule has 0 radical (unpaired) electrons. The number of imidazole rings is 1. The Morgan fingerprint density at radius 3 is 3.10 bits per heavy atom. The summed E-state index contributed by atoms with van der Waals surface area (Å²) in [7, 11) is 0. The molecule has 2 aromatic rings. The number of benzene rings is 1. The number of hydrogen-bond donors (Lipinski definition) is 2. The molecule has 1 atom stereocenters. The van der Waals surface area contributed by atoms with Gasteiger partial charge in [-0.15, -0.1) is 0 Å². The standard InChI is InChI=1S/C14H18N4O2/c15-13(17-19)7-14-16-11-3-1-2-4-12(11)18(14)8-10-5-6-20-9-10/h1-4,10,19H,5-9H2,(H2,15,17). The third-order valence-electron chi connectivity index (χ3n) is 3.67. The molecule has 1 aromatic heterocycles. The van der Waals surface area contributed by atoms with Crippen LogP contribution in [0.15, 0.2) is 29.4 Å². The average molecular weight is 274 g/mol. The number of fused-ring (bicyclic) bond motifs is 1. The van der Waals surface area contributed by atoms with E-state index < -0.39 is 0 Å². The molecule has 1 unspecified atom stereocenters. The van der Waals surface area contributed by atoms with Crippen LogP contribution in [0.5, 0.6) is 0 Å². The minimum absolute atomic E-state index is 0.171. The molecule has 1 aliphatic heterocycles. The van der Waals surface area contributed by atoms with Gasteiger partial charge in [-0.25, -0.2) is 4.98 Å². The Hall–Kier alpha value is -2.08. The first kappa shape index (κ1) is 12.9. The van der Waals surface area contributed by atoms with Crippen molar-refractivity contribution in [3.05, 3.63) is 30.1 Å². The van der Waals surface area contributed by atoms with Crippen molar-refractivity contribution in [1.82, 2.24) is 9.55 Å². The smallest absolute Gasteiger partial charge is 0.146 e. The van der Waals surface area contributed by atoms with Crippen LogP contribution in [-0.2, 0) is 17.7 Å². The highest BCUT2D eigenvalue weighted by atomic mass is 16.5. The van der Waals surface area contributed by atoms with Crippen LogP contribution in [0.25, 0.3) is 11.0 Å². The van der Waals surface area contributed by atoms with Crippen molar-refractivity contribution in [1.29, 1.82) is 0 Å². The van der Waals surface area contributed by atoms with Gasteiger partial charge in [0, 0.05) is 19.1 Å². The van der Waals surface area contributed by atoms with E-state index in [0.29, 0.717) is 12.3 Å². The Labute approximate surface area is 116 Å². The summed E-state index contributed by atoms with van der Waals surface area (Å²) in [5, 5.41) is 11.8. The van der Waals surface area contributed by atoms with Gasteiger partial charge in [0.2, 0.25) is 0 Å². The van der Waals surface area contributed by atoms with Crippen LogP contribution >= 0.6 is 0 Å². The van der Waals surface area contributed by atoms with Crippen molar-refractivity contribution in [2.45, 2.75) is 19.4 Å². The summed E-state index contributed by atoms with van der Waals surface area (Å²) in [5.41, 5.74) is 7.65. The molecule has 6 heteroatoms. The van der Waals surface area contributed by atoms with E-state index in [-0.39, 0.29) is 5.84 Å². The molecule has 106 valence electrons.